The minimum absolute atomic E-state index is 0.390. The van der Waals surface area contributed by atoms with Crippen LogP contribution in [-0.4, -0.2) is 28.4 Å². The van der Waals surface area contributed by atoms with Gasteiger partial charge in [-0.1, -0.05) is 0 Å². The monoisotopic (exact) mass is 174 g/mol. The highest BCUT2D eigenvalue weighted by Gasteiger charge is 1.93. The largest absolute Gasteiger partial charge is 0.469 e. The lowest BCUT2D eigenvalue weighted by molar-refractivity contribution is 0.0889. The number of hydrogen-bond acceptors (Lipinski definition) is 4. The quantitative estimate of drug-likeness (QED) is 0.464. The minimum atomic E-state index is 0.390. The number of methoxy groups -OCH3 is 4. The molecule has 0 heterocycles. The van der Waals surface area contributed by atoms with E-state index in [1.807, 2.05) is 0 Å². The number of allylic oxidation sites excluding steroid dienone is 2. The molecule has 70 valence electrons. The molecule has 0 unspecified atom stereocenters. The van der Waals surface area contributed by atoms with Gasteiger partial charge in [0.05, 0.1) is 28.4 Å². The SMILES string of the molecule is COC(=CC=C(OC)OC)OC. The second-order valence-corrected chi connectivity index (χ2v) is 1.79. The molecule has 4 heteroatoms. The molecule has 0 atom stereocenters. The van der Waals surface area contributed by atoms with Crippen LogP contribution in [0.4, 0.5) is 0 Å². The third-order valence-corrected chi connectivity index (χ3v) is 1.16. The molecule has 0 spiro atoms. The summed E-state index contributed by atoms with van der Waals surface area (Å²) in [5.41, 5.74) is 0. The van der Waals surface area contributed by atoms with Crippen molar-refractivity contribution in [3.05, 3.63) is 24.0 Å². The van der Waals surface area contributed by atoms with E-state index in [9.17, 15) is 0 Å². The predicted molar refractivity (Wildman–Crippen MR) is 44.2 cm³/mol. The van der Waals surface area contributed by atoms with Crippen LogP contribution in [0, 0.1) is 0 Å². The van der Waals surface area contributed by atoms with Crippen molar-refractivity contribution in [1.29, 1.82) is 0 Å². The lowest BCUT2D eigenvalue weighted by atomic mass is 10.5. The molecule has 0 aromatic carbocycles. The van der Waals surface area contributed by atoms with Crippen molar-refractivity contribution in [2.45, 2.75) is 0 Å². The highest BCUT2D eigenvalue weighted by Crippen LogP contribution is 2.00. The molecule has 0 saturated carbocycles. The average molecular weight is 174 g/mol. The van der Waals surface area contributed by atoms with Crippen LogP contribution < -0.4 is 0 Å². The summed E-state index contributed by atoms with van der Waals surface area (Å²) in [5.74, 6) is 0.781. The van der Waals surface area contributed by atoms with Crippen LogP contribution in [0.15, 0.2) is 24.0 Å². The first-order valence-electron chi connectivity index (χ1n) is 3.36. The van der Waals surface area contributed by atoms with Crippen LogP contribution in [-0.2, 0) is 18.9 Å². The molecule has 0 amide bonds. The van der Waals surface area contributed by atoms with Crippen molar-refractivity contribution in [2.75, 3.05) is 28.4 Å². The Hall–Kier alpha value is -1.32. The van der Waals surface area contributed by atoms with Gasteiger partial charge in [0.15, 0.2) is 0 Å². The van der Waals surface area contributed by atoms with Gasteiger partial charge in [-0.15, -0.1) is 0 Å². The first-order chi connectivity index (χ1) is 5.78. The van der Waals surface area contributed by atoms with E-state index in [1.165, 1.54) is 28.4 Å². The predicted octanol–water partition coefficient (Wildman–Crippen LogP) is 1.25. The summed E-state index contributed by atoms with van der Waals surface area (Å²) >= 11 is 0. The maximum absolute atomic E-state index is 4.82. The van der Waals surface area contributed by atoms with E-state index in [0.29, 0.717) is 11.9 Å². The van der Waals surface area contributed by atoms with Gasteiger partial charge >= 0.3 is 0 Å². The van der Waals surface area contributed by atoms with Gasteiger partial charge in [-0.3, -0.25) is 0 Å². The Labute approximate surface area is 72.4 Å². The van der Waals surface area contributed by atoms with E-state index in [0.717, 1.165) is 0 Å². The summed E-state index contributed by atoms with van der Waals surface area (Å²) in [6, 6.07) is 0. The first kappa shape index (κ1) is 10.7. The topological polar surface area (TPSA) is 36.9 Å². The lowest BCUT2D eigenvalue weighted by Crippen LogP contribution is -1.91. The van der Waals surface area contributed by atoms with E-state index in [1.54, 1.807) is 12.2 Å². The third-order valence-electron chi connectivity index (χ3n) is 1.16. The Morgan fingerprint density at radius 2 is 0.917 bits per heavy atom. The minimum Gasteiger partial charge on any atom is -0.469 e. The molecule has 0 rings (SSSR count). The zero-order chi connectivity index (χ0) is 9.40. The standard InChI is InChI=1S/C8H14O4/c1-9-7(10-2)5-6-8(11-3)12-4/h5-6H,1-4H3. The van der Waals surface area contributed by atoms with Crippen molar-refractivity contribution >= 4 is 0 Å². The normalized spacial score (nSPS) is 8.00. The molecule has 0 aliphatic rings. The molecular formula is C8H14O4. The second-order valence-electron chi connectivity index (χ2n) is 1.79. The first-order valence-corrected chi connectivity index (χ1v) is 3.36. The summed E-state index contributed by atoms with van der Waals surface area (Å²) in [5, 5.41) is 0. The van der Waals surface area contributed by atoms with Crippen LogP contribution >= 0.6 is 0 Å². The summed E-state index contributed by atoms with van der Waals surface area (Å²) in [6.45, 7) is 0. The lowest BCUT2D eigenvalue weighted by Gasteiger charge is -2.03. The highest BCUT2D eigenvalue weighted by atomic mass is 16.7. The summed E-state index contributed by atoms with van der Waals surface area (Å²) in [6.07, 6.45) is 3.20. The van der Waals surface area contributed by atoms with Crippen molar-refractivity contribution in [2.24, 2.45) is 0 Å². The maximum atomic E-state index is 4.82. The van der Waals surface area contributed by atoms with Gasteiger partial charge in [0, 0.05) is 12.2 Å². The fourth-order valence-corrected chi connectivity index (χ4v) is 0.575. The van der Waals surface area contributed by atoms with Crippen molar-refractivity contribution in [3.8, 4) is 0 Å². The molecule has 0 aromatic heterocycles. The third kappa shape index (κ3) is 3.75. The molecule has 0 N–H and O–H groups in total. The molecule has 4 nitrogen and oxygen atoms in total. The Morgan fingerprint density at radius 1 is 0.667 bits per heavy atom. The zero-order valence-corrected chi connectivity index (χ0v) is 7.79. The van der Waals surface area contributed by atoms with Crippen molar-refractivity contribution in [3.63, 3.8) is 0 Å². The fourth-order valence-electron chi connectivity index (χ4n) is 0.575. The number of ether oxygens (including phenoxy) is 4. The van der Waals surface area contributed by atoms with Crippen LogP contribution in [0.25, 0.3) is 0 Å². The van der Waals surface area contributed by atoms with Gasteiger partial charge in [0.2, 0.25) is 0 Å². The Balaban J connectivity index is 4.20. The van der Waals surface area contributed by atoms with Gasteiger partial charge in [0.1, 0.15) is 0 Å². The molecular weight excluding hydrogens is 160 g/mol. The van der Waals surface area contributed by atoms with Crippen molar-refractivity contribution in [1.82, 2.24) is 0 Å². The van der Waals surface area contributed by atoms with E-state index < -0.39 is 0 Å². The Kier molecular flexibility index (Phi) is 5.69. The smallest absolute Gasteiger partial charge is 0.278 e. The molecule has 0 bridgehead atoms. The molecule has 0 aromatic rings. The maximum Gasteiger partial charge on any atom is 0.278 e. The van der Waals surface area contributed by atoms with Crippen LogP contribution in [0.3, 0.4) is 0 Å². The summed E-state index contributed by atoms with van der Waals surface area (Å²) in [4.78, 5) is 0. The van der Waals surface area contributed by atoms with E-state index in [2.05, 4.69) is 0 Å². The molecule has 0 aliphatic heterocycles. The Morgan fingerprint density at radius 3 is 1.08 bits per heavy atom. The van der Waals surface area contributed by atoms with Gasteiger partial charge in [-0.2, -0.15) is 0 Å². The van der Waals surface area contributed by atoms with Gasteiger partial charge in [-0.05, 0) is 0 Å². The highest BCUT2D eigenvalue weighted by molar-refractivity contribution is 5.04. The number of hydrogen-bond donors (Lipinski definition) is 0. The van der Waals surface area contributed by atoms with Crippen LogP contribution in [0.1, 0.15) is 0 Å². The Bertz CT molecular complexity index is 140. The van der Waals surface area contributed by atoms with E-state index in [4.69, 9.17) is 18.9 Å². The number of rotatable bonds is 5. The average Bonchev–Trinajstić information content (AvgIpc) is 2.13. The zero-order valence-electron chi connectivity index (χ0n) is 7.79. The van der Waals surface area contributed by atoms with Gasteiger partial charge in [0.25, 0.3) is 11.9 Å². The van der Waals surface area contributed by atoms with Crippen molar-refractivity contribution < 1.29 is 18.9 Å². The molecule has 0 saturated heterocycles. The van der Waals surface area contributed by atoms with Gasteiger partial charge < -0.3 is 18.9 Å². The molecule has 0 fully saturated rings. The summed E-state index contributed by atoms with van der Waals surface area (Å²) in [7, 11) is 6.07. The fraction of sp³-hybridized carbons (Fsp3) is 0.500. The van der Waals surface area contributed by atoms with Crippen LogP contribution in [0.5, 0.6) is 0 Å². The van der Waals surface area contributed by atoms with Crippen LogP contribution in [0.2, 0.25) is 0 Å². The second kappa shape index (κ2) is 6.39. The molecule has 0 aliphatic carbocycles. The van der Waals surface area contributed by atoms with Gasteiger partial charge in [-0.25, -0.2) is 0 Å². The molecule has 0 radical (unpaired) electrons. The summed E-state index contributed by atoms with van der Waals surface area (Å²) < 4.78 is 19.3. The molecule has 12 heavy (non-hydrogen) atoms. The van der Waals surface area contributed by atoms with E-state index >= 15 is 0 Å². The van der Waals surface area contributed by atoms with E-state index in [-0.39, 0.29) is 0 Å².